The molecule has 0 fully saturated rings. The van der Waals surface area contributed by atoms with Gasteiger partial charge in [0.1, 0.15) is 5.57 Å². The highest BCUT2D eigenvalue weighted by molar-refractivity contribution is 9.12. The van der Waals surface area contributed by atoms with Gasteiger partial charge in [0.15, 0.2) is 6.23 Å². The second-order valence-corrected chi connectivity index (χ2v) is 4.20. The van der Waals surface area contributed by atoms with Crippen molar-refractivity contribution in [1.82, 2.24) is 4.90 Å². The third kappa shape index (κ3) is 2.29. The summed E-state index contributed by atoms with van der Waals surface area (Å²) in [5, 5.41) is 10.0. The Bertz CT molecular complexity index is 467. The average Bonchev–Trinajstić information content (AvgIpc) is 2.30. The molecular weight excluding hydrogens is 290 g/mol. The van der Waals surface area contributed by atoms with E-state index in [1.54, 1.807) is 19.3 Å². The molecule has 0 unspecified atom stereocenters. The maximum atomic E-state index is 11.5. The highest BCUT2D eigenvalue weighted by Gasteiger charge is 2.31. The lowest BCUT2D eigenvalue weighted by Crippen LogP contribution is -2.42. The van der Waals surface area contributed by atoms with Crippen LogP contribution in [-0.2, 0) is 9.53 Å². The third-order valence-electron chi connectivity index (χ3n) is 2.17. The smallest absolute Gasteiger partial charge is 0.340 e. The molecule has 0 bridgehead atoms. The minimum Gasteiger partial charge on any atom is -0.462 e. The van der Waals surface area contributed by atoms with Crippen LogP contribution < -0.4 is 0 Å². The molecule has 1 atom stereocenters. The Hall–Kier alpha value is -1.47. The Balaban J connectivity index is 2.28. The van der Waals surface area contributed by atoms with Crippen LogP contribution in [0.4, 0.5) is 0 Å². The van der Waals surface area contributed by atoms with Crippen LogP contribution in [0.3, 0.4) is 0 Å². The van der Waals surface area contributed by atoms with Crippen LogP contribution >= 0.6 is 15.9 Å². The van der Waals surface area contributed by atoms with Crippen molar-refractivity contribution in [2.75, 3.05) is 6.61 Å². The van der Waals surface area contributed by atoms with Crippen LogP contribution in [0.2, 0.25) is 0 Å². The molecule has 0 aromatic heterocycles. The molecule has 0 radical (unpaired) electrons. The summed E-state index contributed by atoms with van der Waals surface area (Å²) in [5.74, 6) is -0.254. The summed E-state index contributed by atoms with van der Waals surface area (Å²) in [6.45, 7) is 1.95. The van der Waals surface area contributed by atoms with Gasteiger partial charge < -0.3 is 9.84 Å². The largest absolute Gasteiger partial charge is 0.462 e. The molecule has 7 heteroatoms. The quantitative estimate of drug-likeness (QED) is 0.763. The number of aliphatic imine (C=N–C) groups is 2. The van der Waals surface area contributed by atoms with E-state index in [9.17, 15) is 9.90 Å². The minimum atomic E-state index is -1.13. The molecule has 90 valence electrons. The number of ether oxygens (including phenoxy) is 1. The maximum Gasteiger partial charge on any atom is 0.340 e. The van der Waals surface area contributed by atoms with Gasteiger partial charge >= 0.3 is 5.97 Å². The number of guanidine groups is 1. The van der Waals surface area contributed by atoms with Gasteiger partial charge in [-0.15, -0.1) is 0 Å². The number of esters is 1. The minimum absolute atomic E-state index is 0.0873. The Morgan fingerprint density at radius 2 is 2.47 bits per heavy atom. The van der Waals surface area contributed by atoms with Crippen molar-refractivity contribution in [2.24, 2.45) is 9.98 Å². The van der Waals surface area contributed by atoms with E-state index in [0.29, 0.717) is 10.4 Å². The van der Waals surface area contributed by atoms with Crippen molar-refractivity contribution < 1.29 is 14.6 Å². The number of allylic oxidation sites excluding steroid dienone is 1. The summed E-state index contributed by atoms with van der Waals surface area (Å²) in [7, 11) is 0. The van der Waals surface area contributed by atoms with Crippen LogP contribution in [0.15, 0.2) is 32.4 Å². The second kappa shape index (κ2) is 4.80. The lowest BCUT2D eigenvalue weighted by molar-refractivity contribution is -0.140. The molecular formula is C10H10BrN3O3. The summed E-state index contributed by atoms with van der Waals surface area (Å²) in [5.41, 5.74) is 0.0873. The van der Waals surface area contributed by atoms with E-state index < -0.39 is 12.2 Å². The molecule has 0 spiro atoms. The van der Waals surface area contributed by atoms with E-state index in [-0.39, 0.29) is 12.2 Å². The number of halogens is 1. The average molecular weight is 300 g/mol. The first-order chi connectivity index (χ1) is 8.13. The van der Waals surface area contributed by atoms with Crippen molar-refractivity contribution >= 4 is 34.1 Å². The maximum absolute atomic E-state index is 11.5. The topological polar surface area (TPSA) is 74.5 Å². The molecule has 0 aromatic carbocycles. The Labute approximate surface area is 106 Å². The number of hydrogen-bond acceptors (Lipinski definition) is 6. The molecule has 0 saturated carbocycles. The number of aliphatic hydroxyl groups excluding tert-OH is 1. The zero-order valence-corrected chi connectivity index (χ0v) is 10.6. The van der Waals surface area contributed by atoms with Crippen LogP contribution in [0, 0.1) is 0 Å². The van der Waals surface area contributed by atoms with Gasteiger partial charge in [-0.05, 0) is 22.9 Å². The summed E-state index contributed by atoms with van der Waals surface area (Å²) in [6, 6.07) is 0. The number of hydrogen-bond donors (Lipinski definition) is 1. The highest BCUT2D eigenvalue weighted by atomic mass is 79.9. The zero-order chi connectivity index (χ0) is 12.4. The molecule has 6 nitrogen and oxygen atoms in total. The molecule has 2 heterocycles. The Kier molecular flexibility index (Phi) is 3.39. The summed E-state index contributed by atoms with van der Waals surface area (Å²) in [4.78, 5) is 20.9. The number of rotatable bonds is 2. The highest BCUT2D eigenvalue weighted by Crippen LogP contribution is 2.21. The lowest BCUT2D eigenvalue weighted by Gasteiger charge is -2.30. The van der Waals surface area contributed by atoms with E-state index in [1.165, 1.54) is 11.1 Å². The van der Waals surface area contributed by atoms with Gasteiger partial charge in [0.25, 0.3) is 0 Å². The first-order valence-electron chi connectivity index (χ1n) is 4.96. The van der Waals surface area contributed by atoms with E-state index in [1.807, 2.05) is 0 Å². The van der Waals surface area contributed by atoms with Crippen LogP contribution in [0.5, 0.6) is 0 Å². The number of carbonyl (C=O) groups excluding carboxylic acids is 1. The van der Waals surface area contributed by atoms with Crippen LogP contribution in [0.25, 0.3) is 0 Å². The van der Waals surface area contributed by atoms with Crippen molar-refractivity contribution in [1.29, 1.82) is 0 Å². The van der Waals surface area contributed by atoms with Crippen molar-refractivity contribution in [3.63, 3.8) is 0 Å². The van der Waals surface area contributed by atoms with Crippen molar-refractivity contribution in [2.45, 2.75) is 13.2 Å². The standard InChI is InChI=1S/C10H10BrN3O3/c1-2-17-9(16)7-4-13-10-12-3-6(11)5-14(10)8(7)15/h3-5,8,15H,2H2,1H3/t8-/m0/s1. The third-order valence-corrected chi connectivity index (χ3v) is 2.58. The first-order valence-corrected chi connectivity index (χ1v) is 5.75. The molecule has 0 aliphatic carbocycles. The van der Waals surface area contributed by atoms with Gasteiger partial charge in [-0.2, -0.15) is 0 Å². The Morgan fingerprint density at radius 3 is 3.18 bits per heavy atom. The monoisotopic (exact) mass is 299 g/mol. The van der Waals surface area contributed by atoms with E-state index in [4.69, 9.17) is 4.74 Å². The fourth-order valence-electron chi connectivity index (χ4n) is 1.41. The van der Waals surface area contributed by atoms with Crippen molar-refractivity contribution in [3.8, 4) is 0 Å². The van der Waals surface area contributed by atoms with Gasteiger partial charge in [0.2, 0.25) is 5.96 Å². The normalized spacial score (nSPS) is 22.4. The zero-order valence-electron chi connectivity index (χ0n) is 9.00. The van der Waals surface area contributed by atoms with Gasteiger partial charge in [0.05, 0.1) is 11.1 Å². The van der Waals surface area contributed by atoms with E-state index in [0.717, 1.165) is 0 Å². The molecule has 1 N–H and O–H groups in total. The van der Waals surface area contributed by atoms with Gasteiger partial charge in [-0.25, -0.2) is 14.8 Å². The fraction of sp³-hybridized carbons (Fsp3) is 0.300. The SMILES string of the molecule is CCOC(=O)C1=CN=C2N=CC(Br)=CN2[C@H]1O. The fourth-order valence-corrected chi connectivity index (χ4v) is 1.73. The summed E-state index contributed by atoms with van der Waals surface area (Å²) >= 11 is 3.23. The number of nitrogens with zero attached hydrogens (tertiary/aromatic N) is 3. The molecule has 2 aliphatic heterocycles. The Morgan fingerprint density at radius 1 is 1.71 bits per heavy atom. The summed E-state index contributed by atoms with van der Waals surface area (Å²) < 4.78 is 5.51. The van der Waals surface area contributed by atoms with E-state index in [2.05, 4.69) is 25.9 Å². The van der Waals surface area contributed by atoms with Gasteiger partial charge in [0, 0.05) is 18.6 Å². The van der Waals surface area contributed by atoms with Crippen molar-refractivity contribution in [3.05, 3.63) is 22.5 Å². The molecule has 2 aliphatic rings. The first kappa shape index (κ1) is 12.0. The van der Waals surface area contributed by atoms with Gasteiger partial charge in [-0.1, -0.05) is 0 Å². The molecule has 0 saturated heterocycles. The number of carbonyl (C=O) groups is 1. The lowest BCUT2D eigenvalue weighted by atomic mass is 10.2. The van der Waals surface area contributed by atoms with Gasteiger partial charge in [-0.3, -0.25) is 4.90 Å². The predicted molar refractivity (Wildman–Crippen MR) is 65.5 cm³/mol. The predicted octanol–water partition coefficient (Wildman–Crippen LogP) is 0.744. The summed E-state index contributed by atoms with van der Waals surface area (Å²) in [6.07, 6.45) is 3.30. The van der Waals surface area contributed by atoms with Crippen LogP contribution in [0.1, 0.15) is 6.92 Å². The molecule has 2 rings (SSSR count). The molecule has 0 amide bonds. The second-order valence-electron chi connectivity index (χ2n) is 3.29. The number of aliphatic hydroxyl groups is 1. The molecule has 17 heavy (non-hydrogen) atoms. The van der Waals surface area contributed by atoms with E-state index >= 15 is 0 Å². The molecule has 0 aromatic rings. The van der Waals surface area contributed by atoms with Crippen LogP contribution in [-0.4, -0.2) is 41.0 Å². The number of fused-ring (bicyclic) bond motifs is 1.